The second kappa shape index (κ2) is 7.89. The third-order valence-electron chi connectivity index (χ3n) is 7.42. The SMILES string of the molecule is CC1CC[NH+](CN2C(=O)[C@@]3(SCC(=O)N3c3ccc4ccccc4c3)c3ccccc32)CC1. The second-order valence-corrected chi connectivity index (χ2v) is 10.7. The number of carbonyl (C=O) groups excluding carboxylic acids is 2. The second-order valence-electron chi connectivity index (χ2n) is 9.53. The number of quaternary nitrogens is 1. The van der Waals surface area contributed by atoms with Crippen LogP contribution in [0.5, 0.6) is 0 Å². The molecule has 1 atom stereocenters. The first kappa shape index (κ1) is 20.8. The number of nitrogens with zero attached hydrogens (tertiary/aromatic N) is 2. The normalized spacial score (nSPS) is 27.1. The topological polar surface area (TPSA) is 45.1 Å². The predicted octanol–water partition coefficient (Wildman–Crippen LogP) is 3.39. The minimum Gasteiger partial charge on any atom is -0.317 e. The van der Waals surface area contributed by atoms with Crippen LogP contribution in [-0.2, 0) is 14.5 Å². The van der Waals surface area contributed by atoms with Crippen molar-refractivity contribution in [2.75, 3.05) is 35.3 Å². The van der Waals surface area contributed by atoms with Crippen LogP contribution in [0.3, 0.4) is 0 Å². The Bertz CT molecular complexity index is 1250. The van der Waals surface area contributed by atoms with Gasteiger partial charge in [0.2, 0.25) is 10.8 Å². The number of hydrogen-bond acceptors (Lipinski definition) is 3. The molecule has 3 aliphatic rings. The summed E-state index contributed by atoms with van der Waals surface area (Å²) in [6, 6.07) is 22.2. The van der Waals surface area contributed by atoms with E-state index in [9.17, 15) is 9.59 Å². The Hall–Kier alpha value is -2.83. The maximum absolute atomic E-state index is 14.2. The zero-order chi connectivity index (χ0) is 22.6. The fourth-order valence-electron chi connectivity index (χ4n) is 5.58. The van der Waals surface area contributed by atoms with Gasteiger partial charge in [-0.15, -0.1) is 11.8 Å². The third-order valence-corrected chi connectivity index (χ3v) is 8.80. The molecule has 6 heteroatoms. The molecule has 168 valence electrons. The van der Waals surface area contributed by atoms with Crippen LogP contribution < -0.4 is 14.7 Å². The molecule has 3 aromatic rings. The molecule has 33 heavy (non-hydrogen) atoms. The van der Waals surface area contributed by atoms with Crippen LogP contribution >= 0.6 is 11.8 Å². The number of amides is 2. The first-order valence-corrected chi connectivity index (χ1v) is 12.8. The van der Waals surface area contributed by atoms with E-state index in [0.29, 0.717) is 12.4 Å². The summed E-state index contributed by atoms with van der Waals surface area (Å²) < 4.78 is 0. The molecule has 5 nitrogen and oxygen atoms in total. The van der Waals surface area contributed by atoms with Crippen molar-refractivity contribution >= 4 is 45.7 Å². The molecule has 6 rings (SSSR count). The van der Waals surface area contributed by atoms with Gasteiger partial charge in [0.15, 0.2) is 6.67 Å². The van der Waals surface area contributed by atoms with Crippen molar-refractivity contribution in [1.82, 2.24) is 0 Å². The molecule has 0 aliphatic carbocycles. The van der Waals surface area contributed by atoms with Crippen molar-refractivity contribution in [1.29, 1.82) is 0 Å². The molecular formula is C27H28N3O2S+. The minimum atomic E-state index is -1.03. The number of nitrogens with one attached hydrogen (secondary N) is 1. The van der Waals surface area contributed by atoms with Gasteiger partial charge in [-0.1, -0.05) is 55.5 Å². The summed E-state index contributed by atoms with van der Waals surface area (Å²) in [7, 11) is 0. The van der Waals surface area contributed by atoms with Gasteiger partial charge in [0, 0.05) is 11.3 Å². The van der Waals surface area contributed by atoms with Gasteiger partial charge >= 0.3 is 0 Å². The Balaban J connectivity index is 1.43. The molecule has 1 N–H and O–H groups in total. The number of benzene rings is 3. The van der Waals surface area contributed by atoms with Gasteiger partial charge in [0.1, 0.15) is 0 Å². The average Bonchev–Trinajstić information content (AvgIpc) is 3.31. The van der Waals surface area contributed by atoms with E-state index in [0.717, 1.165) is 46.7 Å². The largest absolute Gasteiger partial charge is 0.317 e. The maximum atomic E-state index is 14.2. The summed E-state index contributed by atoms with van der Waals surface area (Å²) >= 11 is 1.46. The number of rotatable bonds is 3. The Morgan fingerprint density at radius 2 is 1.70 bits per heavy atom. The van der Waals surface area contributed by atoms with Crippen LogP contribution in [0.25, 0.3) is 10.8 Å². The van der Waals surface area contributed by atoms with Crippen molar-refractivity contribution in [3.8, 4) is 0 Å². The molecule has 0 unspecified atom stereocenters. The highest BCUT2D eigenvalue weighted by atomic mass is 32.2. The number of hydrogen-bond donors (Lipinski definition) is 1. The molecule has 0 aromatic heterocycles. The Kier molecular flexibility index (Phi) is 4.96. The number of anilines is 2. The van der Waals surface area contributed by atoms with Crippen molar-refractivity contribution in [2.24, 2.45) is 5.92 Å². The van der Waals surface area contributed by atoms with E-state index >= 15 is 0 Å². The average molecular weight is 459 g/mol. The van der Waals surface area contributed by atoms with Crippen molar-refractivity contribution in [2.45, 2.75) is 24.6 Å². The summed E-state index contributed by atoms with van der Waals surface area (Å²) in [5.41, 5.74) is 2.67. The number of carbonyl (C=O) groups is 2. The van der Waals surface area contributed by atoms with Crippen LogP contribution in [-0.4, -0.2) is 37.3 Å². The van der Waals surface area contributed by atoms with Crippen LogP contribution in [0.1, 0.15) is 25.3 Å². The van der Waals surface area contributed by atoms with E-state index in [-0.39, 0.29) is 11.8 Å². The summed E-state index contributed by atoms with van der Waals surface area (Å²) in [6.45, 7) is 5.13. The first-order chi connectivity index (χ1) is 16.1. The van der Waals surface area contributed by atoms with Gasteiger partial charge in [0.05, 0.1) is 24.5 Å². The van der Waals surface area contributed by atoms with E-state index in [4.69, 9.17) is 0 Å². The Morgan fingerprint density at radius 1 is 0.970 bits per heavy atom. The van der Waals surface area contributed by atoms with E-state index in [1.807, 2.05) is 59.5 Å². The number of thioether (sulfide) groups is 1. The summed E-state index contributed by atoms with van der Waals surface area (Å²) in [4.78, 5) is 31.6. The van der Waals surface area contributed by atoms with E-state index < -0.39 is 4.87 Å². The summed E-state index contributed by atoms with van der Waals surface area (Å²) in [6.07, 6.45) is 2.39. The summed E-state index contributed by atoms with van der Waals surface area (Å²) in [5, 5.41) is 2.19. The van der Waals surface area contributed by atoms with Crippen LogP contribution in [0.4, 0.5) is 11.4 Å². The number of likely N-dealkylation sites (tertiary alicyclic amines) is 1. The van der Waals surface area contributed by atoms with Gasteiger partial charge < -0.3 is 4.90 Å². The third kappa shape index (κ3) is 3.19. The highest BCUT2D eigenvalue weighted by Crippen LogP contribution is 2.55. The molecule has 0 radical (unpaired) electrons. The van der Waals surface area contributed by atoms with Crippen molar-refractivity contribution in [3.63, 3.8) is 0 Å². The number of piperidine rings is 1. The molecule has 3 aromatic carbocycles. The van der Waals surface area contributed by atoms with Gasteiger partial charge in [-0.25, -0.2) is 0 Å². The molecule has 0 saturated carbocycles. The highest BCUT2D eigenvalue weighted by Gasteiger charge is 2.61. The van der Waals surface area contributed by atoms with E-state index in [1.54, 1.807) is 4.90 Å². The van der Waals surface area contributed by atoms with Gasteiger partial charge in [0.25, 0.3) is 5.91 Å². The maximum Gasteiger partial charge on any atom is 0.273 e. The molecular weight excluding hydrogens is 430 g/mol. The lowest BCUT2D eigenvalue weighted by Crippen LogP contribution is -3.14. The van der Waals surface area contributed by atoms with Crippen LogP contribution in [0.2, 0.25) is 0 Å². The predicted molar refractivity (Wildman–Crippen MR) is 133 cm³/mol. The first-order valence-electron chi connectivity index (χ1n) is 11.8. The fourth-order valence-corrected chi connectivity index (χ4v) is 6.94. The van der Waals surface area contributed by atoms with Crippen molar-refractivity contribution in [3.05, 3.63) is 72.3 Å². The molecule has 2 fully saturated rings. The van der Waals surface area contributed by atoms with Gasteiger partial charge in [-0.2, -0.15) is 0 Å². The van der Waals surface area contributed by atoms with Crippen molar-refractivity contribution < 1.29 is 14.5 Å². The minimum absolute atomic E-state index is 0.0128. The van der Waals surface area contributed by atoms with Gasteiger partial charge in [-0.3, -0.25) is 19.4 Å². The molecule has 2 amide bonds. The molecule has 3 aliphatic heterocycles. The smallest absolute Gasteiger partial charge is 0.273 e. The lowest BCUT2D eigenvalue weighted by molar-refractivity contribution is -0.904. The number of fused-ring (bicyclic) bond motifs is 3. The van der Waals surface area contributed by atoms with Crippen LogP contribution in [0, 0.1) is 5.92 Å². The van der Waals surface area contributed by atoms with Gasteiger partial charge in [-0.05, 0) is 47.7 Å². The van der Waals surface area contributed by atoms with E-state index in [2.05, 4.69) is 19.1 Å². The van der Waals surface area contributed by atoms with E-state index in [1.165, 1.54) is 29.5 Å². The summed E-state index contributed by atoms with van der Waals surface area (Å²) in [5.74, 6) is 1.06. The molecule has 0 bridgehead atoms. The highest BCUT2D eigenvalue weighted by molar-refractivity contribution is 8.02. The Labute approximate surface area is 198 Å². The molecule has 1 spiro atoms. The molecule has 3 heterocycles. The quantitative estimate of drug-likeness (QED) is 0.655. The zero-order valence-electron chi connectivity index (χ0n) is 18.8. The number of para-hydroxylation sites is 1. The standard InChI is InChI=1S/C27H27N3O2S/c1-19-12-14-28(15-13-19)18-29-24-9-5-4-8-23(24)27(26(29)32)30(25(31)17-33-27)22-11-10-20-6-2-3-7-21(20)16-22/h2-11,16,19H,12-15,17-18H2,1H3/p+1/t27-/m0/s1. The monoisotopic (exact) mass is 458 g/mol. The zero-order valence-corrected chi connectivity index (χ0v) is 19.6. The Morgan fingerprint density at radius 3 is 2.52 bits per heavy atom. The molecule has 2 saturated heterocycles. The van der Waals surface area contributed by atoms with Crippen LogP contribution in [0.15, 0.2) is 66.7 Å². The lowest BCUT2D eigenvalue weighted by atomic mass is 10.00. The fraction of sp³-hybridized carbons (Fsp3) is 0.333. The lowest BCUT2D eigenvalue weighted by Gasteiger charge is -2.34.